The van der Waals surface area contributed by atoms with E-state index in [4.69, 9.17) is 4.74 Å². The van der Waals surface area contributed by atoms with Gasteiger partial charge in [-0.2, -0.15) is 0 Å². The lowest BCUT2D eigenvalue weighted by Gasteiger charge is -2.11. The maximum absolute atomic E-state index is 13.8. The van der Waals surface area contributed by atoms with E-state index in [0.29, 0.717) is 0 Å². The lowest BCUT2D eigenvalue weighted by atomic mass is 10.1. The molecule has 0 amide bonds. The molecule has 1 aromatic carbocycles. The Hall–Kier alpha value is -2.57. The van der Waals surface area contributed by atoms with Crippen molar-refractivity contribution in [1.82, 2.24) is 4.98 Å². The highest BCUT2D eigenvalue weighted by Crippen LogP contribution is 2.29. The van der Waals surface area contributed by atoms with Gasteiger partial charge in [-0.1, -0.05) is 0 Å². The number of carbonyl (C=O) groups excluding carboxylic acids is 1. The molecule has 0 spiro atoms. The van der Waals surface area contributed by atoms with Crippen LogP contribution < -0.4 is 4.74 Å². The van der Waals surface area contributed by atoms with E-state index in [1.807, 2.05) is 0 Å². The van der Waals surface area contributed by atoms with Gasteiger partial charge in [0.25, 0.3) is 11.8 Å². The van der Waals surface area contributed by atoms with E-state index in [1.54, 1.807) is 0 Å². The van der Waals surface area contributed by atoms with Gasteiger partial charge in [0.05, 0.1) is 12.7 Å². The molecule has 1 heterocycles. The fourth-order valence-corrected chi connectivity index (χ4v) is 1.66. The van der Waals surface area contributed by atoms with Gasteiger partial charge in [-0.15, -0.1) is 0 Å². The maximum atomic E-state index is 13.8. The SMILES string of the molecule is COC(=O)c1cnc(Oc2ccc(C(C)(F)F)cc2)c(F)c1. The van der Waals surface area contributed by atoms with Gasteiger partial charge in [0.15, 0.2) is 5.82 Å². The number of alkyl halides is 2. The van der Waals surface area contributed by atoms with Crippen LogP contribution in [0.4, 0.5) is 13.2 Å². The zero-order chi connectivity index (χ0) is 16.3. The van der Waals surface area contributed by atoms with Crippen LogP contribution in [0, 0.1) is 5.82 Å². The highest BCUT2D eigenvalue weighted by molar-refractivity contribution is 5.88. The molecule has 116 valence electrons. The fraction of sp³-hybridized carbons (Fsp3) is 0.200. The molecule has 2 aromatic rings. The molecule has 0 unspecified atom stereocenters. The zero-order valence-corrected chi connectivity index (χ0v) is 11.8. The molecule has 22 heavy (non-hydrogen) atoms. The van der Waals surface area contributed by atoms with Gasteiger partial charge >= 0.3 is 5.97 Å². The lowest BCUT2D eigenvalue weighted by Crippen LogP contribution is -2.06. The molecule has 0 aliphatic heterocycles. The number of methoxy groups -OCH3 is 1. The van der Waals surface area contributed by atoms with Gasteiger partial charge in [0, 0.05) is 18.7 Å². The summed E-state index contributed by atoms with van der Waals surface area (Å²) in [6.07, 6.45) is 1.10. The van der Waals surface area contributed by atoms with E-state index in [9.17, 15) is 18.0 Å². The van der Waals surface area contributed by atoms with Crippen molar-refractivity contribution in [3.05, 3.63) is 53.5 Å². The number of benzene rings is 1. The fourth-order valence-electron chi connectivity index (χ4n) is 1.66. The van der Waals surface area contributed by atoms with Crippen LogP contribution in [0.2, 0.25) is 0 Å². The average Bonchev–Trinajstić information content (AvgIpc) is 2.48. The highest BCUT2D eigenvalue weighted by Gasteiger charge is 2.23. The molecule has 0 saturated carbocycles. The maximum Gasteiger partial charge on any atom is 0.339 e. The van der Waals surface area contributed by atoms with Crippen molar-refractivity contribution in [2.24, 2.45) is 0 Å². The predicted octanol–water partition coefficient (Wildman–Crippen LogP) is 3.91. The molecule has 0 radical (unpaired) electrons. The molecule has 0 atom stereocenters. The van der Waals surface area contributed by atoms with Crippen LogP contribution in [-0.2, 0) is 10.7 Å². The summed E-state index contributed by atoms with van der Waals surface area (Å²) < 4.78 is 49.5. The van der Waals surface area contributed by atoms with Crippen LogP contribution in [-0.4, -0.2) is 18.1 Å². The third-order valence-electron chi connectivity index (χ3n) is 2.80. The monoisotopic (exact) mass is 311 g/mol. The summed E-state index contributed by atoms with van der Waals surface area (Å²) in [5, 5.41) is 0. The van der Waals surface area contributed by atoms with Gasteiger partial charge in [-0.05, 0) is 30.3 Å². The van der Waals surface area contributed by atoms with Crippen molar-refractivity contribution in [2.45, 2.75) is 12.8 Å². The van der Waals surface area contributed by atoms with Gasteiger partial charge < -0.3 is 9.47 Å². The third kappa shape index (κ3) is 3.55. The molecule has 1 aromatic heterocycles. The summed E-state index contributed by atoms with van der Waals surface area (Å²) in [5.41, 5.74) is -0.248. The number of esters is 1. The number of nitrogens with zero attached hydrogens (tertiary/aromatic N) is 1. The molecule has 0 aliphatic carbocycles. The van der Waals surface area contributed by atoms with Crippen molar-refractivity contribution in [3.63, 3.8) is 0 Å². The largest absolute Gasteiger partial charge is 0.465 e. The second-order valence-electron chi connectivity index (χ2n) is 4.52. The van der Waals surface area contributed by atoms with Crippen LogP contribution in [0.5, 0.6) is 11.6 Å². The Bertz CT molecular complexity index is 681. The Morgan fingerprint density at radius 3 is 2.36 bits per heavy atom. The molecule has 0 fully saturated rings. The van der Waals surface area contributed by atoms with Crippen molar-refractivity contribution in [3.8, 4) is 11.6 Å². The van der Waals surface area contributed by atoms with Crippen LogP contribution in [0.3, 0.4) is 0 Å². The van der Waals surface area contributed by atoms with Crippen molar-refractivity contribution in [2.75, 3.05) is 7.11 Å². The number of hydrogen-bond donors (Lipinski definition) is 0. The Kier molecular flexibility index (Phi) is 4.35. The number of ether oxygens (including phenoxy) is 2. The number of aromatic nitrogens is 1. The van der Waals surface area contributed by atoms with Crippen molar-refractivity contribution in [1.29, 1.82) is 0 Å². The van der Waals surface area contributed by atoms with Crippen LogP contribution in [0.15, 0.2) is 36.5 Å². The standard InChI is InChI=1S/C15H12F3NO3/c1-15(17,18)10-3-5-11(6-4-10)22-13-12(16)7-9(8-19-13)14(20)21-2/h3-8H,1-2H3. The molecular weight excluding hydrogens is 299 g/mol. The molecule has 0 saturated heterocycles. The summed E-state index contributed by atoms with van der Waals surface area (Å²) >= 11 is 0. The van der Waals surface area contributed by atoms with E-state index in [2.05, 4.69) is 9.72 Å². The minimum Gasteiger partial charge on any atom is -0.465 e. The highest BCUT2D eigenvalue weighted by atomic mass is 19.3. The van der Waals surface area contributed by atoms with E-state index in [-0.39, 0.29) is 22.8 Å². The summed E-state index contributed by atoms with van der Waals surface area (Å²) in [6, 6.07) is 5.83. The number of carbonyl (C=O) groups is 1. The normalized spacial score (nSPS) is 11.1. The van der Waals surface area contributed by atoms with Gasteiger partial charge in [0.2, 0.25) is 0 Å². The number of halogens is 3. The van der Waals surface area contributed by atoms with E-state index < -0.39 is 17.7 Å². The topological polar surface area (TPSA) is 48.4 Å². The van der Waals surface area contributed by atoms with Crippen molar-refractivity contribution < 1.29 is 27.4 Å². The predicted molar refractivity (Wildman–Crippen MR) is 71.6 cm³/mol. The second kappa shape index (κ2) is 6.05. The Morgan fingerprint density at radius 1 is 1.23 bits per heavy atom. The number of hydrogen-bond acceptors (Lipinski definition) is 4. The van der Waals surface area contributed by atoms with Crippen molar-refractivity contribution >= 4 is 5.97 Å². The lowest BCUT2D eigenvalue weighted by molar-refractivity contribution is 0.0174. The van der Waals surface area contributed by atoms with E-state index in [0.717, 1.165) is 26.3 Å². The number of rotatable bonds is 4. The van der Waals surface area contributed by atoms with Gasteiger partial charge in [-0.3, -0.25) is 0 Å². The average molecular weight is 311 g/mol. The van der Waals surface area contributed by atoms with Crippen LogP contribution in [0.1, 0.15) is 22.8 Å². The second-order valence-corrected chi connectivity index (χ2v) is 4.52. The molecule has 0 N–H and O–H groups in total. The van der Waals surface area contributed by atoms with E-state index in [1.165, 1.54) is 24.3 Å². The summed E-state index contributed by atoms with van der Waals surface area (Å²) in [7, 11) is 1.16. The van der Waals surface area contributed by atoms with Crippen LogP contribution >= 0.6 is 0 Å². The molecular formula is C15H12F3NO3. The van der Waals surface area contributed by atoms with Gasteiger partial charge in [-0.25, -0.2) is 22.9 Å². The Labute approximate surface area is 124 Å². The quantitative estimate of drug-likeness (QED) is 0.803. The molecule has 2 rings (SSSR count). The molecule has 7 heteroatoms. The Balaban J connectivity index is 2.19. The first-order chi connectivity index (χ1) is 10.3. The first-order valence-electron chi connectivity index (χ1n) is 6.21. The smallest absolute Gasteiger partial charge is 0.339 e. The zero-order valence-electron chi connectivity index (χ0n) is 11.8. The van der Waals surface area contributed by atoms with Crippen LogP contribution in [0.25, 0.3) is 0 Å². The summed E-state index contributed by atoms with van der Waals surface area (Å²) in [4.78, 5) is 14.9. The Morgan fingerprint density at radius 2 is 1.86 bits per heavy atom. The molecule has 0 bridgehead atoms. The van der Waals surface area contributed by atoms with Gasteiger partial charge in [0.1, 0.15) is 5.75 Å². The summed E-state index contributed by atoms with van der Waals surface area (Å²) in [5.74, 6) is -4.79. The van der Waals surface area contributed by atoms with E-state index >= 15 is 0 Å². The first kappa shape index (κ1) is 15.8. The molecule has 4 nitrogen and oxygen atoms in total. The summed E-state index contributed by atoms with van der Waals surface area (Å²) in [6.45, 7) is 0.773. The molecule has 0 aliphatic rings. The number of pyridine rings is 1. The minimum atomic E-state index is -2.97. The third-order valence-corrected chi connectivity index (χ3v) is 2.80. The first-order valence-corrected chi connectivity index (χ1v) is 6.21. The minimum absolute atomic E-state index is 0.0617.